The van der Waals surface area contributed by atoms with E-state index in [2.05, 4.69) is 15.6 Å². The minimum atomic E-state index is -1.08. The predicted octanol–water partition coefficient (Wildman–Crippen LogP) is 1.20. The number of carboxylic acid groups (broad SMARTS) is 1. The molecule has 7 heteroatoms. The van der Waals surface area contributed by atoms with Crippen molar-refractivity contribution in [2.75, 3.05) is 24.2 Å². The van der Waals surface area contributed by atoms with Crippen LogP contribution in [-0.4, -0.2) is 46.1 Å². The van der Waals surface area contributed by atoms with E-state index in [9.17, 15) is 9.59 Å². The number of nitrogens with one attached hydrogen (secondary N) is 2. The number of anilines is 1. The Balaban J connectivity index is 1.77. The molecule has 1 aliphatic heterocycles. The lowest BCUT2D eigenvalue weighted by Gasteiger charge is -2.21. The molecule has 2 heterocycles. The summed E-state index contributed by atoms with van der Waals surface area (Å²) in [4.78, 5) is 26.2. The quantitative estimate of drug-likeness (QED) is 0.756. The Kier molecular flexibility index (Phi) is 5.37. The molecular weight excluding hydrogens is 278 g/mol. The third kappa shape index (κ3) is 4.50. The van der Waals surface area contributed by atoms with Gasteiger partial charge in [0, 0.05) is 5.25 Å². The van der Waals surface area contributed by atoms with Gasteiger partial charge in [-0.15, -0.1) is 11.8 Å². The molecule has 0 saturated carbocycles. The molecule has 0 atom stereocenters. The van der Waals surface area contributed by atoms with Gasteiger partial charge in [0.15, 0.2) is 0 Å². The van der Waals surface area contributed by atoms with Gasteiger partial charge >= 0.3 is 5.97 Å². The van der Waals surface area contributed by atoms with Crippen molar-refractivity contribution < 1.29 is 14.7 Å². The SMILES string of the molecule is O=C(CSC1CCNCC1)Nc1ccc(C(=O)O)nc1. The molecule has 1 aromatic heterocycles. The zero-order valence-electron chi connectivity index (χ0n) is 11.0. The summed E-state index contributed by atoms with van der Waals surface area (Å²) in [6.07, 6.45) is 3.54. The number of aromatic nitrogens is 1. The number of aromatic carboxylic acids is 1. The van der Waals surface area contributed by atoms with Gasteiger partial charge < -0.3 is 15.7 Å². The zero-order valence-corrected chi connectivity index (χ0v) is 11.8. The van der Waals surface area contributed by atoms with Crippen molar-refractivity contribution in [1.82, 2.24) is 10.3 Å². The maximum absolute atomic E-state index is 11.8. The second-order valence-electron chi connectivity index (χ2n) is 4.55. The third-order valence-electron chi connectivity index (χ3n) is 3.00. The first-order chi connectivity index (χ1) is 9.65. The number of hydrogen-bond acceptors (Lipinski definition) is 5. The highest BCUT2D eigenvalue weighted by Gasteiger charge is 2.15. The van der Waals surface area contributed by atoms with Crippen molar-refractivity contribution in [3.05, 3.63) is 24.0 Å². The third-order valence-corrected chi connectivity index (χ3v) is 4.37. The molecule has 0 unspecified atom stereocenters. The van der Waals surface area contributed by atoms with Crippen molar-refractivity contribution in [2.45, 2.75) is 18.1 Å². The van der Waals surface area contributed by atoms with Crippen molar-refractivity contribution >= 4 is 29.3 Å². The van der Waals surface area contributed by atoms with Gasteiger partial charge in [0.2, 0.25) is 5.91 Å². The van der Waals surface area contributed by atoms with Gasteiger partial charge in [0.25, 0.3) is 0 Å². The molecule has 0 spiro atoms. The Labute approximate surface area is 121 Å². The van der Waals surface area contributed by atoms with Crippen LogP contribution in [0.15, 0.2) is 18.3 Å². The molecule has 6 nitrogen and oxygen atoms in total. The molecule has 1 fully saturated rings. The van der Waals surface area contributed by atoms with Crippen LogP contribution in [-0.2, 0) is 4.79 Å². The van der Waals surface area contributed by atoms with Gasteiger partial charge in [-0.2, -0.15) is 0 Å². The largest absolute Gasteiger partial charge is 0.477 e. The fourth-order valence-corrected chi connectivity index (χ4v) is 2.98. The van der Waals surface area contributed by atoms with Crippen LogP contribution in [0.4, 0.5) is 5.69 Å². The number of piperidine rings is 1. The van der Waals surface area contributed by atoms with Crippen molar-refractivity contribution in [2.24, 2.45) is 0 Å². The van der Waals surface area contributed by atoms with Crippen LogP contribution >= 0.6 is 11.8 Å². The summed E-state index contributed by atoms with van der Waals surface area (Å²) in [6.45, 7) is 2.03. The molecule has 3 N–H and O–H groups in total. The van der Waals surface area contributed by atoms with E-state index in [1.165, 1.54) is 12.3 Å². The number of carbonyl (C=O) groups excluding carboxylic acids is 1. The molecule has 2 rings (SSSR count). The molecule has 1 saturated heterocycles. The Morgan fingerprint density at radius 3 is 2.75 bits per heavy atom. The molecule has 20 heavy (non-hydrogen) atoms. The summed E-state index contributed by atoms with van der Waals surface area (Å²) in [5.41, 5.74) is 0.484. The average molecular weight is 295 g/mol. The smallest absolute Gasteiger partial charge is 0.354 e. The van der Waals surface area contributed by atoms with Crippen LogP contribution < -0.4 is 10.6 Å². The van der Waals surface area contributed by atoms with Gasteiger partial charge in [-0.3, -0.25) is 4.79 Å². The molecule has 1 aromatic rings. The topological polar surface area (TPSA) is 91.3 Å². The lowest BCUT2D eigenvalue weighted by molar-refractivity contribution is -0.113. The van der Waals surface area contributed by atoms with E-state index in [1.54, 1.807) is 17.8 Å². The Morgan fingerprint density at radius 1 is 1.40 bits per heavy atom. The van der Waals surface area contributed by atoms with Crippen LogP contribution in [0.3, 0.4) is 0 Å². The highest BCUT2D eigenvalue weighted by molar-refractivity contribution is 8.00. The van der Waals surface area contributed by atoms with E-state index in [-0.39, 0.29) is 11.6 Å². The fourth-order valence-electron chi connectivity index (χ4n) is 1.95. The molecule has 1 aliphatic rings. The van der Waals surface area contributed by atoms with E-state index in [0.29, 0.717) is 16.7 Å². The molecule has 0 aliphatic carbocycles. The average Bonchev–Trinajstić information content (AvgIpc) is 2.47. The standard InChI is InChI=1S/C13H17N3O3S/c17-12(8-20-10-3-5-14-6-4-10)16-9-1-2-11(13(18)19)15-7-9/h1-2,7,10,14H,3-6,8H2,(H,16,17)(H,18,19). The van der Waals surface area contributed by atoms with Crippen LogP contribution in [0.2, 0.25) is 0 Å². The van der Waals surface area contributed by atoms with Crippen molar-refractivity contribution in [3.63, 3.8) is 0 Å². The maximum atomic E-state index is 11.8. The van der Waals surface area contributed by atoms with E-state index in [4.69, 9.17) is 5.11 Å². The zero-order chi connectivity index (χ0) is 14.4. The summed E-state index contributed by atoms with van der Waals surface area (Å²) in [6, 6.07) is 2.92. The van der Waals surface area contributed by atoms with Crippen LogP contribution in [0.25, 0.3) is 0 Å². The molecule has 1 amide bonds. The predicted molar refractivity (Wildman–Crippen MR) is 78.2 cm³/mol. The van der Waals surface area contributed by atoms with E-state index in [1.807, 2.05) is 0 Å². The van der Waals surface area contributed by atoms with Crippen molar-refractivity contribution in [1.29, 1.82) is 0 Å². The first-order valence-electron chi connectivity index (χ1n) is 6.46. The molecular formula is C13H17N3O3S. The highest BCUT2D eigenvalue weighted by Crippen LogP contribution is 2.20. The Bertz CT molecular complexity index is 472. The minimum absolute atomic E-state index is 0.0351. The number of carboxylic acids is 1. The summed E-state index contributed by atoms with van der Waals surface area (Å²) in [5, 5.41) is 15.3. The highest BCUT2D eigenvalue weighted by atomic mass is 32.2. The second kappa shape index (κ2) is 7.25. The number of amides is 1. The van der Waals surface area contributed by atoms with Crippen molar-refractivity contribution in [3.8, 4) is 0 Å². The minimum Gasteiger partial charge on any atom is -0.477 e. The first kappa shape index (κ1) is 14.8. The van der Waals surface area contributed by atoms with E-state index >= 15 is 0 Å². The summed E-state index contributed by atoms with van der Waals surface area (Å²) in [7, 11) is 0. The Hall–Kier alpha value is -1.60. The number of thioether (sulfide) groups is 1. The van der Waals surface area contributed by atoms with E-state index in [0.717, 1.165) is 25.9 Å². The van der Waals surface area contributed by atoms with E-state index < -0.39 is 5.97 Å². The number of hydrogen-bond donors (Lipinski definition) is 3. The first-order valence-corrected chi connectivity index (χ1v) is 7.51. The Morgan fingerprint density at radius 2 is 2.15 bits per heavy atom. The normalized spacial score (nSPS) is 15.8. The number of nitrogens with zero attached hydrogens (tertiary/aromatic N) is 1. The summed E-state index contributed by atoms with van der Waals surface area (Å²) < 4.78 is 0. The lowest BCUT2D eigenvalue weighted by Crippen LogP contribution is -2.30. The number of carbonyl (C=O) groups is 2. The number of pyridine rings is 1. The second-order valence-corrected chi connectivity index (χ2v) is 5.83. The van der Waals surface area contributed by atoms with Gasteiger partial charge in [0.05, 0.1) is 17.6 Å². The van der Waals surface area contributed by atoms with Gasteiger partial charge in [-0.25, -0.2) is 9.78 Å². The molecule has 108 valence electrons. The fraction of sp³-hybridized carbons (Fsp3) is 0.462. The van der Waals surface area contributed by atoms with Gasteiger partial charge in [0.1, 0.15) is 5.69 Å². The molecule has 0 radical (unpaired) electrons. The molecule has 0 bridgehead atoms. The monoisotopic (exact) mass is 295 g/mol. The summed E-state index contributed by atoms with van der Waals surface area (Å²) >= 11 is 1.67. The van der Waals surface area contributed by atoms with Crippen LogP contribution in [0.1, 0.15) is 23.3 Å². The maximum Gasteiger partial charge on any atom is 0.354 e. The van der Waals surface area contributed by atoms with Crippen LogP contribution in [0, 0.1) is 0 Å². The lowest BCUT2D eigenvalue weighted by atomic mass is 10.2. The molecule has 0 aromatic carbocycles. The summed E-state index contributed by atoms with van der Waals surface area (Å²) in [5.74, 6) is -0.756. The van der Waals surface area contributed by atoms with Gasteiger partial charge in [-0.1, -0.05) is 0 Å². The van der Waals surface area contributed by atoms with Gasteiger partial charge in [-0.05, 0) is 38.1 Å². The number of rotatable bonds is 5. The van der Waals surface area contributed by atoms with Crippen LogP contribution in [0.5, 0.6) is 0 Å².